The third kappa shape index (κ3) is 7.86. The van der Waals surface area contributed by atoms with Gasteiger partial charge in [-0.25, -0.2) is 4.98 Å². The Morgan fingerprint density at radius 3 is 2.31 bits per heavy atom. The first kappa shape index (κ1) is 28.7. The smallest absolute Gasteiger partial charge is 0.406 e. The van der Waals surface area contributed by atoms with Crippen LogP contribution in [0.15, 0.2) is 36.5 Å². The van der Waals surface area contributed by atoms with Crippen LogP contribution in [0.25, 0.3) is 11.0 Å². The molecule has 0 saturated heterocycles. The molecule has 12 heteroatoms. The Labute approximate surface area is 222 Å². The Hall–Kier alpha value is -3.31. The number of halogens is 6. The quantitative estimate of drug-likeness (QED) is 0.280. The molecule has 0 bridgehead atoms. The molecule has 1 aliphatic carbocycles. The highest BCUT2D eigenvalue weighted by Crippen LogP contribution is 2.29. The summed E-state index contributed by atoms with van der Waals surface area (Å²) < 4.78 is 85.3. The number of aromatic nitrogens is 3. The Kier molecular flexibility index (Phi) is 8.70. The zero-order valence-corrected chi connectivity index (χ0v) is 21.5. The molecule has 2 aromatic heterocycles. The third-order valence-corrected chi connectivity index (χ3v) is 6.72. The standard InChI is InChI=1S/C27H30F6N4O2/c1-2-39-21-10-9-20(34-14-21)13-24-35-22-12-19(25(38)36(16-26(28,29)30)17-27(31,32)33)8-11-23(22)37(24)15-18-6-4-3-5-7-18/h8-12,14,18H,2-7,13,15-17H2,1H3. The molecular formula is C27H30F6N4O2. The highest BCUT2D eigenvalue weighted by Gasteiger charge is 2.40. The van der Waals surface area contributed by atoms with Crippen LogP contribution < -0.4 is 4.74 Å². The molecule has 6 nitrogen and oxygen atoms in total. The van der Waals surface area contributed by atoms with E-state index in [0.717, 1.165) is 31.4 Å². The molecule has 1 saturated carbocycles. The maximum atomic E-state index is 13.0. The van der Waals surface area contributed by atoms with E-state index in [0.29, 0.717) is 48.1 Å². The zero-order chi connectivity index (χ0) is 28.2. The lowest BCUT2D eigenvalue weighted by Gasteiger charge is -2.25. The van der Waals surface area contributed by atoms with Gasteiger partial charge in [0.2, 0.25) is 0 Å². The molecule has 0 radical (unpaired) electrons. The Bertz CT molecular complexity index is 1250. The van der Waals surface area contributed by atoms with Gasteiger partial charge in [0.15, 0.2) is 0 Å². The normalized spacial score (nSPS) is 15.1. The van der Waals surface area contributed by atoms with Crippen LogP contribution in [0.2, 0.25) is 0 Å². The first-order chi connectivity index (χ1) is 18.4. The van der Waals surface area contributed by atoms with Gasteiger partial charge in [-0.1, -0.05) is 19.3 Å². The van der Waals surface area contributed by atoms with Gasteiger partial charge in [-0.2, -0.15) is 26.3 Å². The second-order valence-corrected chi connectivity index (χ2v) is 9.83. The van der Waals surface area contributed by atoms with Gasteiger partial charge in [-0.05, 0) is 56.0 Å². The molecule has 1 fully saturated rings. The summed E-state index contributed by atoms with van der Waals surface area (Å²) in [5.41, 5.74) is 1.42. The lowest BCUT2D eigenvalue weighted by atomic mass is 9.89. The maximum Gasteiger partial charge on any atom is 0.406 e. The minimum absolute atomic E-state index is 0.231. The van der Waals surface area contributed by atoms with E-state index in [1.54, 1.807) is 18.3 Å². The maximum absolute atomic E-state index is 13.0. The average molecular weight is 557 g/mol. The topological polar surface area (TPSA) is 60.2 Å². The molecule has 212 valence electrons. The monoisotopic (exact) mass is 556 g/mol. The van der Waals surface area contributed by atoms with Crippen LogP contribution in [0.4, 0.5) is 26.3 Å². The predicted molar refractivity (Wildman–Crippen MR) is 133 cm³/mol. The van der Waals surface area contributed by atoms with E-state index >= 15 is 0 Å². The van der Waals surface area contributed by atoms with Crippen molar-refractivity contribution >= 4 is 16.9 Å². The minimum Gasteiger partial charge on any atom is -0.492 e. The highest BCUT2D eigenvalue weighted by atomic mass is 19.4. The summed E-state index contributed by atoms with van der Waals surface area (Å²) in [5, 5.41) is 0. The van der Waals surface area contributed by atoms with Crippen molar-refractivity contribution in [3.63, 3.8) is 0 Å². The molecule has 2 heterocycles. The number of rotatable bonds is 9. The summed E-state index contributed by atoms with van der Waals surface area (Å²) in [4.78, 5) is 21.7. The van der Waals surface area contributed by atoms with Crippen LogP contribution in [-0.4, -0.2) is 57.4 Å². The SMILES string of the molecule is CCOc1ccc(Cc2nc3cc(C(=O)N(CC(F)(F)F)CC(F)(F)F)ccc3n2CC2CCCCC2)nc1. The van der Waals surface area contributed by atoms with E-state index in [-0.39, 0.29) is 10.5 Å². The van der Waals surface area contributed by atoms with Gasteiger partial charge in [0.25, 0.3) is 5.91 Å². The van der Waals surface area contributed by atoms with Gasteiger partial charge in [-0.3, -0.25) is 9.78 Å². The lowest BCUT2D eigenvalue weighted by molar-refractivity contribution is -0.171. The number of carbonyl (C=O) groups excluding carboxylic acids is 1. The fourth-order valence-corrected chi connectivity index (χ4v) is 5.02. The summed E-state index contributed by atoms with van der Waals surface area (Å²) in [6.45, 7) is -0.971. The minimum atomic E-state index is -4.98. The fraction of sp³-hybridized carbons (Fsp3) is 0.519. The number of pyridine rings is 1. The van der Waals surface area contributed by atoms with Crippen LogP contribution in [0.5, 0.6) is 5.75 Å². The third-order valence-electron chi connectivity index (χ3n) is 6.72. The van der Waals surface area contributed by atoms with E-state index in [2.05, 4.69) is 9.97 Å². The molecule has 0 aliphatic heterocycles. The summed E-state index contributed by atoms with van der Waals surface area (Å²) >= 11 is 0. The highest BCUT2D eigenvalue weighted by molar-refractivity contribution is 5.97. The number of benzene rings is 1. The van der Waals surface area contributed by atoms with Gasteiger partial charge < -0.3 is 14.2 Å². The second-order valence-electron chi connectivity index (χ2n) is 9.83. The number of amides is 1. The van der Waals surface area contributed by atoms with Gasteiger partial charge in [0.05, 0.1) is 23.8 Å². The molecule has 1 aromatic carbocycles. The molecule has 0 unspecified atom stereocenters. The van der Waals surface area contributed by atoms with Crippen molar-refractivity contribution in [1.29, 1.82) is 0 Å². The molecule has 0 spiro atoms. The summed E-state index contributed by atoms with van der Waals surface area (Å²) in [7, 11) is 0. The van der Waals surface area contributed by atoms with Crippen LogP contribution in [-0.2, 0) is 13.0 Å². The number of hydrogen-bond acceptors (Lipinski definition) is 4. The molecule has 0 atom stereocenters. The summed E-state index contributed by atoms with van der Waals surface area (Å²) in [5.74, 6) is 0.336. The van der Waals surface area contributed by atoms with E-state index in [4.69, 9.17) is 4.74 Å². The molecule has 4 rings (SSSR count). The van der Waals surface area contributed by atoms with E-state index in [9.17, 15) is 31.1 Å². The Morgan fingerprint density at radius 1 is 1.03 bits per heavy atom. The van der Waals surface area contributed by atoms with Crippen molar-refractivity contribution in [2.24, 2.45) is 5.92 Å². The number of imidazole rings is 1. The van der Waals surface area contributed by atoms with Crippen molar-refractivity contribution in [1.82, 2.24) is 19.4 Å². The first-order valence-corrected chi connectivity index (χ1v) is 12.9. The van der Waals surface area contributed by atoms with Gasteiger partial charge in [0.1, 0.15) is 24.7 Å². The fourth-order valence-electron chi connectivity index (χ4n) is 5.02. The molecular weight excluding hydrogens is 526 g/mol. The number of carbonyl (C=O) groups is 1. The molecule has 1 amide bonds. The first-order valence-electron chi connectivity index (χ1n) is 12.9. The van der Waals surface area contributed by atoms with E-state index in [1.807, 2.05) is 17.6 Å². The Morgan fingerprint density at radius 2 is 1.72 bits per heavy atom. The van der Waals surface area contributed by atoms with Crippen molar-refractivity contribution in [3.8, 4) is 5.75 Å². The van der Waals surface area contributed by atoms with Crippen molar-refractivity contribution in [2.75, 3.05) is 19.7 Å². The number of nitrogens with zero attached hydrogens (tertiary/aromatic N) is 4. The summed E-state index contributed by atoms with van der Waals surface area (Å²) in [6.07, 6.45) is -2.45. The number of fused-ring (bicyclic) bond motifs is 1. The van der Waals surface area contributed by atoms with Crippen molar-refractivity contribution in [2.45, 2.75) is 64.3 Å². The lowest BCUT2D eigenvalue weighted by Crippen LogP contribution is -2.44. The summed E-state index contributed by atoms with van der Waals surface area (Å²) in [6, 6.07) is 7.70. The average Bonchev–Trinajstić information content (AvgIpc) is 3.19. The van der Waals surface area contributed by atoms with Crippen molar-refractivity contribution < 1.29 is 35.9 Å². The van der Waals surface area contributed by atoms with Crippen molar-refractivity contribution in [3.05, 3.63) is 53.6 Å². The number of ether oxygens (including phenoxy) is 1. The van der Waals surface area contributed by atoms with Crippen LogP contribution in [0, 0.1) is 5.92 Å². The van der Waals surface area contributed by atoms with E-state index < -0.39 is 31.3 Å². The largest absolute Gasteiger partial charge is 0.492 e. The second kappa shape index (κ2) is 11.8. The van der Waals surface area contributed by atoms with Crippen LogP contribution in [0.3, 0.4) is 0 Å². The zero-order valence-electron chi connectivity index (χ0n) is 21.5. The van der Waals surface area contributed by atoms with Crippen LogP contribution >= 0.6 is 0 Å². The molecule has 3 aromatic rings. The number of alkyl halides is 6. The van der Waals surface area contributed by atoms with E-state index in [1.165, 1.54) is 18.6 Å². The molecule has 0 N–H and O–H groups in total. The van der Waals surface area contributed by atoms with Gasteiger partial charge in [-0.15, -0.1) is 0 Å². The molecule has 39 heavy (non-hydrogen) atoms. The van der Waals surface area contributed by atoms with Gasteiger partial charge >= 0.3 is 12.4 Å². The Balaban J connectivity index is 1.68. The number of hydrogen-bond donors (Lipinski definition) is 0. The predicted octanol–water partition coefficient (Wildman–Crippen LogP) is 6.57. The molecule has 1 aliphatic rings. The van der Waals surface area contributed by atoms with Crippen LogP contribution in [0.1, 0.15) is 60.9 Å². The van der Waals surface area contributed by atoms with Gasteiger partial charge in [0, 0.05) is 24.2 Å².